The highest BCUT2D eigenvalue weighted by atomic mass is 19.1. The molecule has 2 unspecified atom stereocenters. The summed E-state index contributed by atoms with van der Waals surface area (Å²) in [6.07, 6.45) is -3.62. The molecule has 2 heterocycles. The molecule has 0 radical (unpaired) electrons. The molecule has 140 valence electrons. The van der Waals surface area contributed by atoms with Gasteiger partial charge in [-0.05, 0) is 24.1 Å². The smallest absolute Gasteiger partial charge is 0.333 e. The van der Waals surface area contributed by atoms with Crippen LogP contribution < -0.4 is 11.2 Å². The second-order valence-electron chi connectivity index (χ2n) is 6.10. The number of benzene rings is 1. The first kappa shape index (κ1) is 18.5. The number of halogens is 1. The van der Waals surface area contributed by atoms with Gasteiger partial charge in [0.05, 0.1) is 6.61 Å². The average molecular weight is 366 g/mol. The molecule has 1 saturated heterocycles. The van der Waals surface area contributed by atoms with E-state index in [-0.39, 0.29) is 13.0 Å². The van der Waals surface area contributed by atoms with Crippen LogP contribution >= 0.6 is 0 Å². The number of rotatable bonds is 5. The van der Waals surface area contributed by atoms with Crippen molar-refractivity contribution in [3.63, 3.8) is 0 Å². The summed E-state index contributed by atoms with van der Waals surface area (Å²) in [5.41, 5.74) is -0.655. The highest BCUT2D eigenvalue weighted by Crippen LogP contribution is 2.27. The number of aliphatic hydroxyl groups excluding tert-OH is 3. The molecule has 0 saturated carbocycles. The molecule has 0 aliphatic carbocycles. The first-order valence-corrected chi connectivity index (χ1v) is 8.11. The fraction of sp³-hybridized carbons (Fsp3) is 0.412. The first-order valence-electron chi connectivity index (χ1n) is 8.11. The maximum Gasteiger partial charge on any atom is 0.333 e. The average Bonchev–Trinajstić information content (AvgIpc) is 2.90. The zero-order valence-corrected chi connectivity index (χ0v) is 13.7. The Balaban J connectivity index is 1.87. The van der Waals surface area contributed by atoms with Gasteiger partial charge in [0.1, 0.15) is 24.1 Å². The Hall–Kier alpha value is -2.33. The van der Waals surface area contributed by atoms with Crippen LogP contribution in [0.3, 0.4) is 0 Å². The third kappa shape index (κ3) is 3.47. The lowest BCUT2D eigenvalue weighted by atomic mass is 10.1. The summed E-state index contributed by atoms with van der Waals surface area (Å²) in [5.74, 6) is -0.410. The summed E-state index contributed by atoms with van der Waals surface area (Å²) in [6, 6.07) is 6.98. The number of nitrogens with zero attached hydrogens (tertiary/aromatic N) is 2. The molecule has 3 N–H and O–H groups in total. The SMILES string of the molecule is O=c1ccn([C@@H]2O[C@H](CO)C(O)C2O)c(=O)n1CCc1cccc(F)c1. The molecular weight excluding hydrogens is 347 g/mol. The topological polar surface area (TPSA) is 114 Å². The van der Waals surface area contributed by atoms with Crippen LogP contribution in [0.5, 0.6) is 0 Å². The van der Waals surface area contributed by atoms with Gasteiger partial charge >= 0.3 is 5.69 Å². The highest BCUT2D eigenvalue weighted by Gasteiger charge is 2.43. The van der Waals surface area contributed by atoms with Crippen molar-refractivity contribution in [1.29, 1.82) is 0 Å². The first-order chi connectivity index (χ1) is 12.4. The monoisotopic (exact) mass is 366 g/mol. The van der Waals surface area contributed by atoms with E-state index >= 15 is 0 Å². The van der Waals surface area contributed by atoms with Gasteiger partial charge in [0.15, 0.2) is 6.23 Å². The summed E-state index contributed by atoms with van der Waals surface area (Å²) in [5, 5.41) is 29.0. The van der Waals surface area contributed by atoms with Crippen LogP contribution in [0, 0.1) is 5.82 Å². The maximum atomic E-state index is 13.2. The molecule has 1 aliphatic heterocycles. The Labute approximate surface area is 147 Å². The van der Waals surface area contributed by atoms with E-state index in [1.807, 2.05) is 0 Å². The summed E-state index contributed by atoms with van der Waals surface area (Å²) < 4.78 is 20.5. The zero-order valence-electron chi connectivity index (χ0n) is 13.7. The molecule has 0 spiro atoms. The van der Waals surface area contributed by atoms with Crippen molar-refractivity contribution in [1.82, 2.24) is 9.13 Å². The molecule has 0 bridgehead atoms. The Morgan fingerprint density at radius 1 is 1.15 bits per heavy atom. The molecule has 26 heavy (non-hydrogen) atoms. The van der Waals surface area contributed by atoms with Gasteiger partial charge in [-0.3, -0.25) is 13.9 Å². The molecule has 2 aromatic rings. The molecule has 3 rings (SSSR count). The predicted molar refractivity (Wildman–Crippen MR) is 88.1 cm³/mol. The van der Waals surface area contributed by atoms with Crippen LogP contribution in [0.1, 0.15) is 11.8 Å². The van der Waals surface area contributed by atoms with Crippen molar-refractivity contribution < 1.29 is 24.4 Å². The molecule has 9 heteroatoms. The standard InChI is InChI=1S/C17H19FN2O6/c18-11-3-1-2-10(8-11)4-6-19-13(22)5-7-20(17(19)25)16-15(24)14(23)12(9-21)26-16/h1-3,5,7-8,12,14-16,21,23-24H,4,6,9H2/t12-,14?,15?,16-/m1/s1. The van der Waals surface area contributed by atoms with E-state index in [0.29, 0.717) is 5.56 Å². The minimum atomic E-state index is -1.43. The molecule has 1 aliphatic rings. The quantitative estimate of drug-likeness (QED) is 0.626. The third-order valence-corrected chi connectivity index (χ3v) is 4.40. The number of aryl methyl sites for hydroxylation is 1. The Kier molecular flexibility index (Phi) is 5.33. The molecule has 1 fully saturated rings. The molecule has 0 amide bonds. The number of ether oxygens (including phenoxy) is 1. The fourth-order valence-electron chi connectivity index (χ4n) is 2.97. The van der Waals surface area contributed by atoms with E-state index in [0.717, 1.165) is 15.2 Å². The van der Waals surface area contributed by atoms with Gasteiger partial charge in [0.2, 0.25) is 0 Å². The van der Waals surface area contributed by atoms with Crippen LogP contribution in [-0.2, 0) is 17.7 Å². The van der Waals surface area contributed by atoms with E-state index in [9.17, 15) is 24.2 Å². The molecule has 4 atom stereocenters. The summed E-state index contributed by atoms with van der Waals surface area (Å²) in [4.78, 5) is 24.7. The van der Waals surface area contributed by atoms with Crippen LogP contribution in [0.4, 0.5) is 4.39 Å². The number of aliphatic hydroxyl groups is 3. The minimum Gasteiger partial charge on any atom is -0.394 e. The van der Waals surface area contributed by atoms with Crippen LogP contribution in [0.2, 0.25) is 0 Å². The van der Waals surface area contributed by atoms with Crippen molar-refractivity contribution in [2.45, 2.75) is 37.5 Å². The number of aromatic nitrogens is 2. The summed E-state index contributed by atoms with van der Waals surface area (Å²) in [7, 11) is 0. The second-order valence-corrected chi connectivity index (χ2v) is 6.10. The minimum absolute atomic E-state index is 0.0107. The molecule has 1 aromatic heterocycles. The molecule has 1 aromatic carbocycles. The lowest BCUT2D eigenvalue weighted by Crippen LogP contribution is -2.43. The van der Waals surface area contributed by atoms with Crippen LogP contribution in [-0.4, -0.2) is 49.4 Å². The Bertz CT molecular complexity index is 895. The van der Waals surface area contributed by atoms with Gasteiger partial charge in [0, 0.05) is 18.8 Å². The lowest BCUT2D eigenvalue weighted by molar-refractivity contribution is -0.0556. The highest BCUT2D eigenvalue weighted by molar-refractivity contribution is 5.16. The normalized spacial score (nSPS) is 25.5. The van der Waals surface area contributed by atoms with Gasteiger partial charge < -0.3 is 20.1 Å². The van der Waals surface area contributed by atoms with E-state index < -0.39 is 48.2 Å². The second kappa shape index (κ2) is 7.50. The predicted octanol–water partition coefficient (Wildman–Crippen LogP) is -0.997. The van der Waals surface area contributed by atoms with Gasteiger partial charge in [0.25, 0.3) is 5.56 Å². The Morgan fingerprint density at radius 3 is 2.58 bits per heavy atom. The molecule has 8 nitrogen and oxygen atoms in total. The van der Waals surface area contributed by atoms with E-state index in [1.54, 1.807) is 6.07 Å². The van der Waals surface area contributed by atoms with E-state index in [4.69, 9.17) is 9.84 Å². The third-order valence-electron chi connectivity index (χ3n) is 4.40. The number of hydrogen-bond donors (Lipinski definition) is 3. The zero-order chi connectivity index (χ0) is 18.8. The fourth-order valence-corrected chi connectivity index (χ4v) is 2.97. The van der Waals surface area contributed by atoms with Crippen molar-refractivity contribution >= 4 is 0 Å². The maximum absolute atomic E-state index is 13.2. The largest absolute Gasteiger partial charge is 0.394 e. The van der Waals surface area contributed by atoms with Gasteiger partial charge in [-0.15, -0.1) is 0 Å². The van der Waals surface area contributed by atoms with E-state index in [2.05, 4.69) is 0 Å². The van der Waals surface area contributed by atoms with Crippen LogP contribution in [0.15, 0.2) is 46.1 Å². The summed E-state index contributed by atoms with van der Waals surface area (Å²) >= 11 is 0. The number of hydrogen-bond acceptors (Lipinski definition) is 6. The van der Waals surface area contributed by atoms with Crippen molar-refractivity contribution in [3.8, 4) is 0 Å². The van der Waals surface area contributed by atoms with Gasteiger partial charge in [-0.25, -0.2) is 9.18 Å². The summed E-state index contributed by atoms with van der Waals surface area (Å²) in [6.45, 7) is -0.514. The van der Waals surface area contributed by atoms with Crippen molar-refractivity contribution in [2.24, 2.45) is 0 Å². The lowest BCUT2D eigenvalue weighted by Gasteiger charge is -2.18. The van der Waals surface area contributed by atoms with Gasteiger partial charge in [-0.2, -0.15) is 0 Å². The Morgan fingerprint density at radius 2 is 1.92 bits per heavy atom. The van der Waals surface area contributed by atoms with Crippen molar-refractivity contribution in [3.05, 3.63) is 68.7 Å². The van der Waals surface area contributed by atoms with E-state index in [1.165, 1.54) is 24.4 Å². The van der Waals surface area contributed by atoms with Crippen molar-refractivity contribution in [2.75, 3.05) is 6.61 Å². The van der Waals surface area contributed by atoms with Crippen LogP contribution in [0.25, 0.3) is 0 Å². The molecular formula is C17H19FN2O6. The van der Waals surface area contributed by atoms with Gasteiger partial charge in [-0.1, -0.05) is 12.1 Å².